The molecule has 0 radical (unpaired) electrons. The van der Waals surface area contributed by atoms with Gasteiger partial charge in [-0.15, -0.1) is 0 Å². The zero-order valence-electron chi connectivity index (χ0n) is 20.2. The lowest BCUT2D eigenvalue weighted by Crippen LogP contribution is -2.51. The molecule has 38 heavy (non-hydrogen) atoms. The lowest BCUT2D eigenvalue weighted by atomic mass is 9.82. The number of nitrogens with one attached hydrogen (secondary N) is 1. The normalized spacial score (nSPS) is 19.0. The van der Waals surface area contributed by atoms with Crippen molar-refractivity contribution < 1.29 is 32.5 Å². The van der Waals surface area contributed by atoms with Crippen LogP contribution < -0.4 is 10.1 Å². The molecule has 1 amide bonds. The summed E-state index contributed by atoms with van der Waals surface area (Å²) in [6.07, 6.45) is -5.07. The second kappa shape index (κ2) is 12.0. The SMILES string of the molecule is O=C(NCC(F)(F)F)[C@]1(Cc2ccccc2)N=C(c2ccc(OCCCO)cc2)O[C@@H]1c1ccc(Br)cc1. The van der Waals surface area contributed by atoms with E-state index in [9.17, 15) is 18.0 Å². The van der Waals surface area contributed by atoms with Crippen LogP contribution in [0, 0.1) is 0 Å². The van der Waals surface area contributed by atoms with E-state index in [-0.39, 0.29) is 18.9 Å². The van der Waals surface area contributed by atoms with Gasteiger partial charge in [0.2, 0.25) is 5.90 Å². The van der Waals surface area contributed by atoms with Crippen molar-refractivity contribution in [2.24, 2.45) is 4.99 Å². The van der Waals surface area contributed by atoms with Gasteiger partial charge in [0.25, 0.3) is 5.91 Å². The third kappa shape index (κ3) is 6.73. The Balaban J connectivity index is 1.76. The molecule has 2 N–H and O–H groups in total. The van der Waals surface area contributed by atoms with E-state index in [4.69, 9.17) is 19.6 Å². The smallest absolute Gasteiger partial charge is 0.405 e. The molecule has 0 fully saturated rings. The van der Waals surface area contributed by atoms with E-state index in [1.807, 2.05) is 11.4 Å². The number of hydrogen-bond acceptors (Lipinski definition) is 5. The predicted octanol–water partition coefficient (Wildman–Crippen LogP) is 5.39. The molecule has 2 atom stereocenters. The molecule has 1 aliphatic rings. The molecule has 6 nitrogen and oxygen atoms in total. The number of rotatable bonds is 10. The summed E-state index contributed by atoms with van der Waals surface area (Å²) in [5, 5.41) is 11.0. The van der Waals surface area contributed by atoms with Crippen LogP contribution in [0.2, 0.25) is 0 Å². The number of carbonyl (C=O) groups is 1. The van der Waals surface area contributed by atoms with Gasteiger partial charge in [-0.2, -0.15) is 13.2 Å². The van der Waals surface area contributed by atoms with Crippen molar-refractivity contribution in [2.45, 2.75) is 30.7 Å². The molecule has 3 aromatic rings. The number of aliphatic imine (C=N–C) groups is 1. The quantitative estimate of drug-likeness (QED) is 0.310. The summed E-state index contributed by atoms with van der Waals surface area (Å²) in [7, 11) is 0. The Morgan fingerprint density at radius 2 is 1.74 bits per heavy atom. The topological polar surface area (TPSA) is 80.2 Å². The molecule has 200 valence electrons. The molecule has 10 heteroatoms. The fourth-order valence-electron chi connectivity index (χ4n) is 4.16. The molecular weight excluding hydrogens is 565 g/mol. The molecule has 0 aliphatic carbocycles. The number of aliphatic hydroxyl groups is 1. The van der Waals surface area contributed by atoms with Gasteiger partial charge in [0.15, 0.2) is 11.6 Å². The van der Waals surface area contributed by atoms with Gasteiger partial charge in [0.05, 0.1) is 6.61 Å². The Bertz CT molecular complexity index is 1250. The van der Waals surface area contributed by atoms with E-state index in [1.165, 1.54) is 0 Å². The number of carbonyl (C=O) groups excluding carboxylic acids is 1. The van der Waals surface area contributed by atoms with E-state index in [0.29, 0.717) is 29.9 Å². The first kappa shape index (κ1) is 27.7. The van der Waals surface area contributed by atoms with Crippen LogP contribution in [0.4, 0.5) is 13.2 Å². The highest BCUT2D eigenvalue weighted by Crippen LogP contribution is 2.43. The maximum atomic E-state index is 13.6. The molecular formula is C28H26BrF3N2O4. The van der Waals surface area contributed by atoms with Crippen molar-refractivity contribution in [3.8, 4) is 5.75 Å². The molecule has 0 spiro atoms. The minimum Gasteiger partial charge on any atom is -0.494 e. The number of hydrogen-bond donors (Lipinski definition) is 2. The van der Waals surface area contributed by atoms with Crippen molar-refractivity contribution in [2.75, 3.05) is 19.8 Å². The first-order valence-electron chi connectivity index (χ1n) is 12.0. The molecule has 1 aliphatic heterocycles. The fourth-order valence-corrected chi connectivity index (χ4v) is 4.42. The molecule has 0 saturated heterocycles. The zero-order valence-corrected chi connectivity index (χ0v) is 21.8. The lowest BCUT2D eigenvalue weighted by molar-refractivity contribution is -0.143. The molecule has 0 unspecified atom stereocenters. The number of ether oxygens (including phenoxy) is 2. The highest BCUT2D eigenvalue weighted by Gasteiger charge is 2.53. The maximum absolute atomic E-state index is 13.6. The Labute approximate surface area is 226 Å². The number of halogens is 4. The Morgan fingerprint density at radius 3 is 2.37 bits per heavy atom. The van der Waals surface area contributed by atoms with Gasteiger partial charge in [-0.05, 0) is 47.5 Å². The van der Waals surface area contributed by atoms with E-state index < -0.39 is 30.3 Å². The Kier molecular flexibility index (Phi) is 8.73. The third-order valence-corrected chi connectivity index (χ3v) is 6.50. The van der Waals surface area contributed by atoms with Crippen molar-refractivity contribution in [3.05, 3.63) is 100 Å². The summed E-state index contributed by atoms with van der Waals surface area (Å²) in [6, 6.07) is 22.9. The van der Waals surface area contributed by atoms with Crippen LogP contribution in [0.3, 0.4) is 0 Å². The van der Waals surface area contributed by atoms with Crippen LogP contribution in [0.1, 0.15) is 29.2 Å². The van der Waals surface area contributed by atoms with Crippen LogP contribution in [0.25, 0.3) is 0 Å². The lowest BCUT2D eigenvalue weighted by Gasteiger charge is -2.31. The Hall–Kier alpha value is -3.37. The molecule has 3 aromatic carbocycles. The summed E-state index contributed by atoms with van der Waals surface area (Å²) in [4.78, 5) is 18.3. The van der Waals surface area contributed by atoms with E-state index in [0.717, 1.165) is 10.0 Å². The average Bonchev–Trinajstić information content (AvgIpc) is 3.29. The van der Waals surface area contributed by atoms with Crippen LogP contribution in [0.15, 0.2) is 88.3 Å². The number of benzene rings is 3. The van der Waals surface area contributed by atoms with Gasteiger partial charge in [0.1, 0.15) is 12.3 Å². The maximum Gasteiger partial charge on any atom is 0.405 e. The third-order valence-electron chi connectivity index (χ3n) is 5.97. The first-order valence-corrected chi connectivity index (χ1v) is 12.7. The minimum atomic E-state index is -4.59. The van der Waals surface area contributed by atoms with Crippen LogP contribution in [-0.2, 0) is 16.0 Å². The van der Waals surface area contributed by atoms with Crippen molar-refractivity contribution in [3.63, 3.8) is 0 Å². The summed E-state index contributed by atoms with van der Waals surface area (Å²) in [6.45, 7) is -1.13. The van der Waals surface area contributed by atoms with Gasteiger partial charge < -0.3 is 19.9 Å². The summed E-state index contributed by atoms with van der Waals surface area (Å²) in [5.74, 6) is -0.174. The molecule has 0 saturated carbocycles. The van der Waals surface area contributed by atoms with Crippen LogP contribution in [0.5, 0.6) is 5.75 Å². The number of aliphatic hydroxyl groups excluding tert-OH is 1. The highest BCUT2D eigenvalue weighted by molar-refractivity contribution is 9.10. The number of alkyl halides is 3. The molecule has 1 heterocycles. The van der Waals surface area contributed by atoms with Gasteiger partial charge in [-0.1, -0.05) is 58.4 Å². The monoisotopic (exact) mass is 590 g/mol. The number of nitrogens with zero attached hydrogens (tertiary/aromatic N) is 1. The van der Waals surface area contributed by atoms with Gasteiger partial charge in [-0.25, -0.2) is 4.99 Å². The molecule has 0 aromatic heterocycles. The predicted molar refractivity (Wildman–Crippen MR) is 140 cm³/mol. The van der Waals surface area contributed by atoms with Crippen LogP contribution >= 0.6 is 15.9 Å². The second-order valence-electron chi connectivity index (χ2n) is 8.80. The Morgan fingerprint density at radius 1 is 1.05 bits per heavy atom. The van der Waals surface area contributed by atoms with Crippen molar-refractivity contribution in [1.82, 2.24) is 5.32 Å². The minimum absolute atomic E-state index is 0.0140. The standard InChI is InChI=1S/C28H26BrF3N2O4/c29-22-11-7-20(8-12-22)24-27(17-19-5-2-1-3-6-19,26(36)33-18-28(30,31)32)34-25(38-24)21-9-13-23(14-10-21)37-16-4-15-35/h1-3,5-14,24,35H,4,15-18H2,(H,33,36)/t24-,27-/m1/s1. The van der Waals surface area contributed by atoms with E-state index >= 15 is 0 Å². The first-order chi connectivity index (χ1) is 18.2. The average molecular weight is 591 g/mol. The second-order valence-corrected chi connectivity index (χ2v) is 9.72. The van der Waals surface area contributed by atoms with Gasteiger partial charge >= 0.3 is 6.18 Å². The van der Waals surface area contributed by atoms with Crippen LogP contribution in [-0.4, -0.2) is 48.4 Å². The van der Waals surface area contributed by atoms with E-state index in [2.05, 4.69) is 15.9 Å². The summed E-state index contributed by atoms with van der Waals surface area (Å²) >= 11 is 3.39. The summed E-state index contributed by atoms with van der Waals surface area (Å²) < 4.78 is 51.9. The van der Waals surface area contributed by atoms with E-state index in [1.54, 1.807) is 72.8 Å². The number of amides is 1. The fraction of sp³-hybridized carbons (Fsp3) is 0.286. The summed E-state index contributed by atoms with van der Waals surface area (Å²) in [5.41, 5.74) is 0.152. The largest absolute Gasteiger partial charge is 0.494 e. The van der Waals surface area contributed by atoms with Crippen molar-refractivity contribution in [1.29, 1.82) is 0 Å². The molecule has 4 rings (SSSR count). The zero-order chi connectivity index (χ0) is 27.2. The highest BCUT2D eigenvalue weighted by atomic mass is 79.9. The van der Waals surface area contributed by atoms with Gasteiger partial charge in [0, 0.05) is 29.5 Å². The molecule has 0 bridgehead atoms. The van der Waals surface area contributed by atoms with Gasteiger partial charge in [-0.3, -0.25) is 4.79 Å². The van der Waals surface area contributed by atoms with Crippen molar-refractivity contribution >= 4 is 27.7 Å².